The summed E-state index contributed by atoms with van der Waals surface area (Å²) in [5, 5.41) is 0. The minimum absolute atomic E-state index is 0.190. The fourth-order valence-corrected chi connectivity index (χ4v) is 2.97. The van der Waals surface area contributed by atoms with Crippen LogP contribution in [-0.4, -0.2) is 78.7 Å². The van der Waals surface area contributed by atoms with E-state index < -0.39 is 0 Å². The molecule has 0 saturated carbocycles. The Labute approximate surface area is 109 Å². The Kier molecular flexibility index (Phi) is 4.72. The highest BCUT2D eigenvalue weighted by Crippen LogP contribution is 2.17. The van der Waals surface area contributed by atoms with E-state index in [4.69, 9.17) is 0 Å². The monoisotopic (exact) mass is 253 g/mol. The molecule has 2 aliphatic heterocycles. The van der Waals surface area contributed by atoms with Gasteiger partial charge >= 0.3 is 0 Å². The molecule has 0 aliphatic carbocycles. The molecule has 0 aromatic rings. The van der Waals surface area contributed by atoms with Crippen molar-refractivity contribution in [2.24, 2.45) is 0 Å². The van der Waals surface area contributed by atoms with Crippen molar-refractivity contribution < 1.29 is 9.59 Å². The van der Waals surface area contributed by atoms with Crippen LogP contribution in [0.25, 0.3) is 0 Å². The Morgan fingerprint density at radius 2 is 1.72 bits per heavy atom. The third-order valence-corrected chi connectivity index (χ3v) is 4.17. The molecule has 5 nitrogen and oxygen atoms in total. The van der Waals surface area contributed by atoms with Crippen molar-refractivity contribution in [1.29, 1.82) is 0 Å². The SMILES string of the molecule is CC(=O)N1CCN(C2CCN(CC=O)CC2)CC1. The van der Waals surface area contributed by atoms with E-state index in [-0.39, 0.29) is 5.91 Å². The largest absolute Gasteiger partial charge is 0.340 e. The number of hydrogen-bond donors (Lipinski definition) is 0. The first kappa shape index (κ1) is 13.5. The van der Waals surface area contributed by atoms with Crippen LogP contribution in [0.4, 0.5) is 0 Å². The highest BCUT2D eigenvalue weighted by Gasteiger charge is 2.27. The number of likely N-dealkylation sites (tertiary alicyclic amines) is 1. The lowest BCUT2D eigenvalue weighted by Gasteiger charge is -2.42. The van der Waals surface area contributed by atoms with E-state index in [1.54, 1.807) is 6.92 Å². The van der Waals surface area contributed by atoms with Gasteiger partial charge in [-0.2, -0.15) is 0 Å². The molecule has 0 N–H and O–H groups in total. The van der Waals surface area contributed by atoms with Gasteiger partial charge in [0.15, 0.2) is 0 Å². The number of piperazine rings is 1. The Morgan fingerprint density at radius 3 is 2.22 bits per heavy atom. The number of carbonyl (C=O) groups excluding carboxylic acids is 2. The molecule has 2 fully saturated rings. The number of nitrogens with zero attached hydrogens (tertiary/aromatic N) is 3. The van der Waals surface area contributed by atoms with Crippen molar-refractivity contribution in [3.63, 3.8) is 0 Å². The second-order valence-corrected chi connectivity index (χ2v) is 5.24. The van der Waals surface area contributed by atoms with E-state index >= 15 is 0 Å². The maximum absolute atomic E-state index is 11.3. The van der Waals surface area contributed by atoms with E-state index in [9.17, 15) is 9.59 Å². The summed E-state index contributed by atoms with van der Waals surface area (Å²) in [5.41, 5.74) is 0. The Bertz CT molecular complexity index is 293. The molecule has 0 aromatic heterocycles. The molecule has 18 heavy (non-hydrogen) atoms. The third kappa shape index (κ3) is 3.29. The van der Waals surface area contributed by atoms with E-state index in [1.165, 1.54) is 0 Å². The van der Waals surface area contributed by atoms with Gasteiger partial charge in [0, 0.05) is 52.2 Å². The Balaban J connectivity index is 1.74. The smallest absolute Gasteiger partial charge is 0.219 e. The molecule has 0 atom stereocenters. The average molecular weight is 253 g/mol. The lowest BCUT2D eigenvalue weighted by atomic mass is 10.0. The zero-order valence-electron chi connectivity index (χ0n) is 11.2. The molecule has 2 aliphatic rings. The fraction of sp³-hybridized carbons (Fsp3) is 0.846. The van der Waals surface area contributed by atoms with E-state index in [0.29, 0.717) is 12.6 Å². The summed E-state index contributed by atoms with van der Waals surface area (Å²) < 4.78 is 0. The minimum Gasteiger partial charge on any atom is -0.340 e. The van der Waals surface area contributed by atoms with Gasteiger partial charge < -0.3 is 9.69 Å². The molecule has 0 aromatic carbocycles. The van der Waals surface area contributed by atoms with Gasteiger partial charge in [0.2, 0.25) is 5.91 Å². The maximum atomic E-state index is 11.3. The van der Waals surface area contributed by atoms with Crippen LogP contribution in [-0.2, 0) is 9.59 Å². The van der Waals surface area contributed by atoms with Crippen molar-refractivity contribution in [2.75, 3.05) is 45.8 Å². The van der Waals surface area contributed by atoms with Crippen LogP contribution in [0.2, 0.25) is 0 Å². The second kappa shape index (κ2) is 6.29. The van der Waals surface area contributed by atoms with Crippen molar-refractivity contribution in [2.45, 2.75) is 25.8 Å². The summed E-state index contributed by atoms with van der Waals surface area (Å²) in [6.07, 6.45) is 3.29. The molecule has 0 spiro atoms. The van der Waals surface area contributed by atoms with Crippen LogP contribution in [0, 0.1) is 0 Å². The molecule has 102 valence electrons. The number of amides is 1. The quantitative estimate of drug-likeness (QED) is 0.654. The highest BCUT2D eigenvalue weighted by atomic mass is 16.2. The summed E-state index contributed by atoms with van der Waals surface area (Å²) in [7, 11) is 0. The van der Waals surface area contributed by atoms with Crippen molar-refractivity contribution in [1.82, 2.24) is 14.7 Å². The molecule has 2 rings (SSSR count). The van der Waals surface area contributed by atoms with Gasteiger partial charge in [-0.05, 0) is 12.8 Å². The summed E-state index contributed by atoms with van der Waals surface area (Å²) in [6, 6.07) is 0.641. The summed E-state index contributed by atoms with van der Waals surface area (Å²) in [6.45, 7) is 7.99. The normalized spacial score (nSPS) is 24.2. The lowest BCUT2D eigenvalue weighted by molar-refractivity contribution is -0.131. The Hall–Kier alpha value is -0.940. The number of hydrogen-bond acceptors (Lipinski definition) is 4. The molecule has 0 unspecified atom stereocenters. The zero-order valence-corrected chi connectivity index (χ0v) is 11.2. The van der Waals surface area contributed by atoms with Crippen molar-refractivity contribution >= 4 is 12.2 Å². The second-order valence-electron chi connectivity index (χ2n) is 5.24. The predicted octanol–water partition coefficient (Wildman–Crippen LogP) is -0.186. The molecular formula is C13H23N3O2. The molecule has 1 amide bonds. The number of piperidine rings is 1. The fourth-order valence-electron chi connectivity index (χ4n) is 2.97. The predicted molar refractivity (Wildman–Crippen MR) is 69.4 cm³/mol. The van der Waals surface area contributed by atoms with E-state index in [1.807, 2.05) is 4.90 Å². The maximum Gasteiger partial charge on any atom is 0.219 e. The summed E-state index contributed by atoms with van der Waals surface area (Å²) >= 11 is 0. The van der Waals surface area contributed by atoms with Gasteiger partial charge in [-0.3, -0.25) is 14.6 Å². The van der Waals surface area contributed by atoms with Crippen LogP contribution >= 0.6 is 0 Å². The van der Waals surface area contributed by atoms with Crippen molar-refractivity contribution in [3.8, 4) is 0 Å². The summed E-state index contributed by atoms with van der Waals surface area (Å²) in [4.78, 5) is 28.4. The zero-order chi connectivity index (χ0) is 13.0. The minimum atomic E-state index is 0.190. The third-order valence-electron chi connectivity index (χ3n) is 4.17. The molecule has 0 radical (unpaired) electrons. The van der Waals surface area contributed by atoms with Gasteiger partial charge in [-0.15, -0.1) is 0 Å². The number of aldehydes is 1. The topological polar surface area (TPSA) is 43.9 Å². The van der Waals surface area contributed by atoms with Gasteiger partial charge in [-0.1, -0.05) is 0 Å². The van der Waals surface area contributed by atoms with Crippen LogP contribution in [0.5, 0.6) is 0 Å². The molecule has 2 heterocycles. The van der Waals surface area contributed by atoms with Gasteiger partial charge in [0.25, 0.3) is 0 Å². The molecule has 5 heteroatoms. The first-order valence-corrected chi connectivity index (χ1v) is 6.86. The number of carbonyl (C=O) groups is 2. The van der Waals surface area contributed by atoms with Crippen LogP contribution in [0.1, 0.15) is 19.8 Å². The lowest BCUT2D eigenvalue weighted by Crippen LogP contribution is -2.54. The highest BCUT2D eigenvalue weighted by molar-refractivity contribution is 5.73. The standard InChI is InChI=1S/C13H23N3O2/c1-12(18)15-6-8-16(9-7-15)13-2-4-14(5-3-13)10-11-17/h11,13H,2-10H2,1H3. The number of rotatable bonds is 3. The first-order chi connectivity index (χ1) is 8.70. The molecular weight excluding hydrogens is 230 g/mol. The van der Waals surface area contributed by atoms with Crippen molar-refractivity contribution in [3.05, 3.63) is 0 Å². The Morgan fingerprint density at radius 1 is 1.11 bits per heavy atom. The molecule has 0 bridgehead atoms. The summed E-state index contributed by atoms with van der Waals surface area (Å²) in [5.74, 6) is 0.190. The van der Waals surface area contributed by atoms with Crippen LogP contribution in [0.3, 0.4) is 0 Å². The molecule has 2 saturated heterocycles. The van der Waals surface area contributed by atoms with Crippen LogP contribution in [0.15, 0.2) is 0 Å². The van der Waals surface area contributed by atoms with Gasteiger partial charge in [-0.25, -0.2) is 0 Å². The van der Waals surface area contributed by atoms with E-state index in [2.05, 4.69) is 9.80 Å². The van der Waals surface area contributed by atoms with Gasteiger partial charge in [0.05, 0.1) is 6.54 Å². The average Bonchev–Trinajstić information content (AvgIpc) is 2.40. The van der Waals surface area contributed by atoms with E-state index in [0.717, 1.165) is 58.4 Å². The van der Waals surface area contributed by atoms with Crippen LogP contribution < -0.4 is 0 Å². The first-order valence-electron chi connectivity index (χ1n) is 6.86. The van der Waals surface area contributed by atoms with Gasteiger partial charge in [0.1, 0.15) is 6.29 Å².